The molecule has 1 atom stereocenters. The van der Waals surface area contributed by atoms with E-state index in [1.54, 1.807) is 18.3 Å². The van der Waals surface area contributed by atoms with Gasteiger partial charge in [-0.15, -0.1) is 11.3 Å². The highest BCUT2D eigenvalue weighted by Gasteiger charge is 2.29. The normalized spacial score (nSPS) is 17.9. The van der Waals surface area contributed by atoms with Gasteiger partial charge in [0.25, 0.3) is 5.56 Å². The van der Waals surface area contributed by atoms with Crippen LogP contribution in [0.3, 0.4) is 0 Å². The molecular weight excluding hydrogens is 444 g/mol. The molecule has 2 aromatic heterocycles. The molecule has 1 fully saturated rings. The molecule has 2 heterocycles. The summed E-state index contributed by atoms with van der Waals surface area (Å²) in [6.45, 7) is 7.32. The maximum Gasteiger partial charge on any atom is 0.321 e. The number of fused-ring (bicyclic) bond motifs is 3. The van der Waals surface area contributed by atoms with Crippen molar-refractivity contribution in [3.05, 3.63) is 20.8 Å². The van der Waals surface area contributed by atoms with Gasteiger partial charge in [-0.2, -0.15) is 0 Å². The standard InChI is InChI=1S/C23H32N4O3S2/c1-13(18(28)24-21(30)26-23(2,3)4)31-22-25-19-17(15-11-7-8-12-16(15)32-19)20(29)27(22)14-9-5-6-10-14/h13-14H,5-12H2,1-4H3,(H2,24,26,28,30). The van der Waals surface area contributed by atoms with Crippen LogP contribution in [0.2, 0.25) is 0 Å². The van der Waals surface area contributed by atoms with Gasteiger partial charge in [0.05, 0.1) is 10.6 Å². The Morgan fingerprint density at radius 3 is 2.53 bits per heavy atom. The van der Waals surface area contributed by atoms with Crippen LogP contribution in [0.5, 0.6) is 0 Å². The lowest BCUT2D eigenvalue weighted by Gasteiger charge is -2.22. The fraction of sp³-hybridized carbons (Fsp3) is 0.652. The molecule has 2 aliphatic rings. The summed E-state index contributed by atoms with van der Waals surface area (Å²) in [4.78, 5) is 45.5. The van der Waals surface area contributed by atoms with Crippen LogP contribution >= 0.6 is 23.1 Å². The minimum Gasteiger partial charge on any atom is -0.333 e. The third-order valence-corrected chi connectivity index (χ3v) is 8.31. The lowest BCUT2D eigenvalue weighted by molar-refractivity contribution is -0.119. The summed E-state index contributed by atoms with van der Waals surface area (Å²) >= 11 is 2.90. The second kappa shape index (κ2) is 9.17. The summed E-state index contributed by atoms with van der Waals surface area (Å²) in [6, 6.07) is -0.391. The van der Waals surface area contributed by atoms with E-state index in [0.29, 0.717) is 5.16 Å². The van der Waals surface area contributed by atoms with E-state index >= 15 is 0 Å². The molecule has 0 saturated heterocycles. The van der Waals surface area contributed by atoms with Gasteiger partial charge in [0.15, 0.2) is 5.16 Å². The number of nitrogens with one attached hydrogen (secondary N) is 2. The van der Waals surface area contributed by atoms with E-state index in [4.69, 9.17) is 4.98 Å². The number of urea groups is 1. The Labute approximate surface area is 196 Å². The van der Waals surface area contributed by atoms with Crippen LogP contribution in [0.15, 0.2) is 9.95 Å². The molecular formula is C23H32N4O3S2. The molecule has 1 saturated carbocycles. The zero-order valence-corrected chi connectivity index (χ0v) is 20.9. The van der Waals surface area contributed by atoms with Crippen molar-refractivity contribution in [2.75, 3.05) is 0 Å². The second-order valence-electron chi connectivity index (χ2n) is 9.85. The van der Waals surface area contributed by atoms with Crippen molar-refractivity contribution in [3.63, 3.8) is 0 Å². The quantitative estimate of drug-likeness (QED) is 0.499. The average Bonchev–Trinajstić information content (AvgIpc) is 3.33. The lowest BCUT2D eigenvalue weighted by atomic mass is 9.97. The van der Waals surface area contributed by atoms with Crippen molar-refractivity contribution in [1.82, 2.24) is 20.2 Å². The van der Waals surface area contributed by atoms with Gasteiger partial charge in [-0.1, -0.05) is 24.6 Å². The minimum atomic E-state index is -0.563. The Bertz CT molecular complexity index is 1090. The topological polar surface area (TPSA) is 93.1 Å². The van der Waals surface area contributed by atoms with E-state index in [9.17, 15) is 14.4 Å². The van der Waals surface area contributed by atoms with Gasteiger partial charge >= 0.3 is 6.03 Å². The number of hydrogen-bond acceptors (Lipinski definition) is 6. The molecule has 7 nitrogen and oxygen atoms in total. The first-order valence-corrected chi connectivity index (χ1v) is 13.2. The van der Waals surface area contributed by atoms with E-state index in [2.05, 4.69) is 10.6 Å². The molecule has 0 radical (unpaired) electrons. The van der Waals surface area contributed by atoms with Crippen LogP contribution in [0.4, 0.5) is 4.79 Å². The van der Waals surface area contributed by atoms with Gasteiger partial charge in [0.2, 0.25) is 5.91 Å². The smallest absolute Gasteiger partial charge is 0.321 e. The summed E-state index contributed by atoms with van der Waals surface area (Å²) in [5.74, 6) is -0.394. The molecule has 3 amide bonds. The van der Waals surface area contributed by atoms with Gasteiger partial charge in [-0.3, -0.25) is 19.5 Å². The first-order valence-electron chi connectivity index (χ1n) is 11.5. The fourth-order valence-electron chi connectivity index (χ4n) is 4.56. The third kappa shape index (κ3) is 4.88. The van der Waals surface area contributed by atoms with Crippen molar-refractivity contribution in [1.29, 1.82) is 0 Å². The predicted octanol–water partition coefficient (Wildman–Crippen LogP) is 4.56. The largest absolute Gasteiger partial charge is 0.333 e. The van der Waals surface area contributed by atoms with Gasteiger partial charge in [-0.05, 0) is 71.8 Å². The second-order valence-corrected chi connectivity index (χ2v) is 12.2. The Morgan fingerprint density at radius 2 is 1.84 bits per heavy atom. The SMILES string of the molecule is CC(Sc1nc2sc3c(c2c(=O)n1C1CCCC1)CCCC3)C(=O)NC(=O)NC(C)(C)C. The van der Waals surface area contributed by atoms with Crippen molar-refractivity contribution in [2.45, 2.75) is 101 Å². The number of thiophene rings is 1. The van der Waals surface area contributed by atoms with Crippen molar-refractivity contribution < 1.29 is 9.59 Å². The third-order valence-electron chi connectivity index (χ3n) is 6.06. The van der Waals surface area contributed by atoms with Crippen molar-refractivity contribution >= 4 is 45.3 Å². The van der Waals surface area contributed by atoms with Gasteiger partial charge in [0, 0.05) is 16.5 Å². The molecule has 0 aromatic carbocycles. The van der Waals surface area contributed by atoms with Crippen LogP contribution in [-0.2, 0) is 17.6 Å². The molecule has 0 bridgehead atoms. The number of thioether (sulfide) groups is 1. The Morgan fingerprint density at radius 1 is 1.16 bits per heavy atom. The minimum absolute atomic E-state index is 0.0434. The number of amides is 3. The predicted molar refractivity (Wildman–Crippen MR) is 130 cm³/mol. The number of carbonyl (C=O) groups is 2. The molecule has 2 N–H and O–H groups in total. The number of aromatic nitrogens is 2. The van der Waals surface area contributed by atoms with Gasteiger partial charge in [0.1, 0.15) is 4.83 Å². The van der Waals surface area contributed by atoms with Crippen LogP contribution in [0.1, 0.15) is 82.7 Å². The van der Waals surface area contributed by atoms with Crippen LogP contribution < -0.4 is 16.2 Å². The van der Waals surface area contributed by atoms with E-state index in [0.717, 1.165) is 61.6 Å². The highest BCUT2D eigenvalue weighted by atomic mass is 32.2. The number of carbonyl (C=O) groups excluding carboxylic acids is 2. The zero-order chi connectivity index (χ0) is 23.0. The van der Waals surface area contributed by atoms with E-state index in [-0.39, 0.29) is 11.6 Å². The summed E-state index contributed by atoms with van der Waals surface area (Å²) in [5, 5.41) is 5.97. The number of rotatable bonds is 4. The van der Waals surface area contributed by atoms with Gasteiger partial charge in [-0.25, -0.2) is 9.78 Å². The van der Waals surface area contributed by atoms with Gasteiger partial charge < -0.3 is 5.32 Å². The van der Waals surface area contributed by atoms with E-state index < -0.39 is 22.7 Å². The summed E-state index contributed by atoms with van der Waals surface area (Å²) in [7, 11) is 0. The molecule has 2 aliphatic carbocycles. The first-order chi connectivity index (χ1) is 15.1. The average molecular weight is 477 g/mol. The zero-order valence-electron chi connectivity index (χ0n) is 19.2. The molecule has 0 aliphatic heterocycles. The fourth-order valence-corrected chi connectivity index (χ4v) is 6.84. The number of aryl methyl sites for hydroxylation is 2. The monoisotopic (exact) mass is 476 g/mol. The summed E-state index contributed by atoms with van der Waals surface area (Å²) < 4.78 is 1.85. The molecule has 4 rings (SSSR count). The Kier molecular flexibility index (Phi) is 6.68. The Hall–Kier alpha value is -1.87. The Balaban J connectivity index is 1.65. The first kappa shape index (κ1) is 23.3. The van der Waals surface area contributed by atoms with Crippen LogP contribution in [0.25, 0.3) is 10.2 Å². The molecule has 32 heavy (non-hydrogen) atoms. The molecule has 0 spiro atoms. The summed E-state index contributed by atoms with van der Waals surface area (Å²) in [6.07, 6.45) is 8.36. The molecule has 9 heteroatoms. The molecule has 2 aromatic rings. The maximum atomic E-state index is 13.7. The van der Waals surface area contributed by atoms with Crippen molar-refractivity contribution in [2.24, 2.45) is 0 Å². The number of nitrogens with zero attached hydrogens (tertiary/aromatic N) is 2. The van der Waals surface area contributed by atoms with Crippen molar-refractivity contribution in [3.8, 4) is 0 Å². The number of imide groups is 1. The summed E-state index contributed by atoms with van der Waals surface area (Å²) in [5.41, 5.74) is 0.803. The lowest BCUT2D eigenvalue weighted by Crippen LogP contribution is -2.49. The van der Waals surface area contributed by atoms with E-state index in [1.165, 1.54) is 22.2 Å². The molecule has 1 unspecified atom stereocenters. The van der Waals surface area contributed by atoms with Crippen LogP contribution in [-0.4, -0.2) is 32.3 Å². The molecule has 174 valence electrons. The van der Waals surface area contributed by atoms with Crippen LogP contribution in [0, 0.1) is 0 Å². The number of hydrogen-bond donors (Lipinski definition) is 2. The maximum absolute atomic E-state index is 13.7. The van der Waals surface area contributed by atoms with E-state index in [1.807, 2.05) is 25.3 Å². The highest BCUT2D eigenvalue weighted by Crippen LogP contribution is 2.38. The highest BCUT2D eigenvalue weighted by molar-refractivity contribution is 8.00.